The Balaban J connectivity index is 1.30. The highest BCUT2D eigenvalue weighted by Gasteiger charge is 2.68. The predicted octanol–water partition coefficient (Wildman–Crippen LogP) is 8.44. The number of ether oxygens (including phenoxy) is 1. The van der Waals surface area contributed by atoms with E-state index in [-0.39, 0.29) is 0 Å². The molecule has 0 N–H and O–H groups in total. The third-order valence-corrected chi connectivity index (χ3v) is 10.7. The summed E-state index contributed by atoms with van der Waals surface area (Å²) in [6, 6.07) is 39.6. The summed E-state index contributed by atoms with van der Waals surface area (Å²) in [6.45, 7) is 6.72. The summed E-state index contributed by atoms with van der Waals surface area (Å²) in [5, 5.41) is 2.49. The minimum absolute atomic E-state index is 0.684. The molecule has 1 atom stereocenters. The number of hydrogen-bond acceptors (Lipinski definition) is 1. The van der Waals surface area contributed by atoms with Crippen LogP contribution in [0.3, 0.4) is 0 Å². The fraction of sp³-hybridized carbons (Fsp3) is 0.0952. The Hall–Kier alpha value is -5.94. The van der Waals surface area contributed by atoms with Crippen molar-refractivity contribution >= 4 is 21.8 Å². The molecule has 0 aliphatic carbocycles. The first-order chi connectivity index (χ1) is 23.1. The largest absolute Gasteiger partial charge is 0.455 e. The second kappa shape index (κ2) is 8.45. The topological polar surface area (TPSA) is 26.8 Å². The zero-order chi connectivity index (χ0) is 31.2. The summed E-state index contributed by atoms with van der Waals surface area (Å²) in [7, 11) is 0. The van der Waals surface area contributed by atoms with Gasteiger partial charge in [0.15, 0.2) is 22.4 Å². The SMILES string of the molecule is Cc1cc(-c2ccccc2)cc(C)c1-c1c(C)cc2c3c1Oc1ccc4c5ccccc5n5c4c1C3([n+]1ccccc1-5)[n+]1cccn1-2. The minimum Gasteiger partial charge on any atom is -0.455 e. The number of aromatic nitrogens is 4. The molecule has 0 radical (unpaired) electrons. The van der Waals surface area contributed by atoms with Crippen LogP contribution in [-0.4, -0.2) is 9.25 Å². The van der Waals surface area contributed by atoms with Crippen molar-refractivity contribution in [2.24, 2.45) is 0 Å². The highest BCUT2D eigenvalue weighted by atomic mass is 16.5. The minimum atomic E-state index is -0.684. The van der Waals surface area contributed by atoms with Crippen molar-refractivity contribution in [2.75, 3.05) is 0 Å². The van der Waals surface area contributed by atoms with Gasteiger partial charge in [0.1, 0.15) is 17.0 Å². The lowest BCUT2D eigenvalue weighted by Crippen LogP contribution is -2.76. The van der Waals surface area contributed by atoms with Gasteiger partial charge in [0.25, 0.3) is 5.82 Å². The van der Waals surface area contributed by atoms with Gasteiger partial charge < -0.3 is 4.74 Å². The van der Waals surface area contributed by atoms with Crippen LogP contribution in [0.15, 0.2) is 128 Å². The first-order valence-electron chi connectivity index (χ1n) is 16.3. The Labute approximate surface area is 271 Å². The number of para-hydroxylation sites is 1. The Morgan fingerprint density at radius 2 is 1.40 bits per heavy atom. The normalized spacial score (nSPS) is 16.2. The maximum Gasteiger partial charge on any atom is 0.397 e. The Kier molecular flexibility index (Phi) is 4.54. The fourth-order valence-electron chi connectivity index (χ4n) is 9.06. The summed E-state index contributed by atoms with van der Waals surface area (Å²) >= 11 is 0. The van der Waals surface area contributed by atoms with Gasteiger partial charge in [-0.1, -0.05) is 65.3 Å². The second-order valence-electron chi connectivity index (χ2n) is 13.2. The van der Waals surface area contributed by atoms with Crippen molar-refractivity contribution in [3.8, 4) is 45.3 Å². The molecule has 0 fully saturated rings. The van der Waals surface area contributed by atoms with E-state index in [1.807, 2.05) is 0 Å². The Bertz CT molecular complexity index is 2670. The van der Waals surface area contributed by atoms with Gasteiger partial charge in [-0.2, -0.15) is 9.13 Å². The van der Waals surface area contributed by atoms with Crippen LogP contribution in [0.5, 0.6) is 11.5 Å². The summed E-state index contributed by atoms with van der Waals surface area (Å²) in [5.41, 5.74) is 13.8. The van der Waals surface area contributed by atoms with Crippen molar-refractivity contribution in [3.05, 3.63) is 156 Å². The third kappa shape index (κ3) is 2.84. The van der Waals surface area contributed by atoms with Crippen LogP contribution in [0, 0.1) is 20.8 Å². The molecule has 0 saturated carbocycles. The van der Waals surface area contributed by atoms with Crippen molar-refractivity contribution in [3.63, 3.8) is 0 Å². The molecule has 6 heterocycles. The average Bonchev–Trinajstić information content (AvgIpc) is 3.78. The molecule has 47 heavy (non-hydrogen) atoms. The zero-order valence-electron chi connectivity index (χ0n) is 26.3. The van der Waals surface area contributed by atoms with Crippen LogP contribution in [0.2, 0.25) is 0 Å². The molecule has 3 aromatic heterocycles. The summed E-state index contributed by atoms with van der Waals surface area (Å²) in [4.78, 5) is 0. The lowest BCUT2D eigenvalue weighted by molar-refractivity contribution is -0.993. The maximum absolute atomic E-state index is 7.28. The van der Waals surface area contributed by atoms with Gasteiger partial charge in [-0.05, 0) is 90.6 Å². The number of fused-ring (bicyclic) bond motifs is 7. The summed E-state index contributed by atoms with van der Waals surface area (Å²) in [6.07, 6.45) is 6.65. The van der Waals surface area contributed by atoms with Crippen LogP contribution in [-0.2, 0) is 5.66 Å². The molecule has 11 rings (SSSR count). The first-order valence-corrected chi connectivity index (χ1v) is 16.3. The smallest absolute Gasteiger partial charge is 0.397 e. The molecule has 0 saturated heterocycles. The molecule has 8 aromatic rings. The Morgan fingerprint density at radius 1 is 0.638 bits per heavy atom. The monoisotopic (exact) mass is 606 g/mol. The third-order valence-electron chi connectivity index (χ3n) is 10.7. The van der Waals surface area contributed by atoms with E-state index in [4.69, 9.17) is 4.74 Å². The van der Waals surface area contributed by atoms with E-state index in [1.54, 1.807) is 0 Å². The van der Waals surface area contributed by atoms with Crippen LogP contribution in [0.4, 0.5) is 0 Å². The van der Waals surface area contributed by atoms with E-state index >= 15 is 0 Å². The second-order valence-corrected chi connectivity index (χ2v) is 13.2. The van der Waals surface area contributed by atoms with E-state index in [1.165, 1.54) is 71.9 Å². The van der Waals surface area contributed by atoms with Crippen molar-refractivity contribution < 1.29 is 14.0 Å². The molecule has 3 aliphatic heterocycles. The molecule has 5 nitrogen and oxygen atoms in total. The number of hydrogen-bond donors (Lipinski definition) is 0. The average molecular weight is 607 g/mol. The van der Waals surface area contributed by atoms with Gasteiger partial charge in [0.05, 0.1) is 12.4 Å². The van der Waals surface area contributed by atoms with Gasteiger partial charge in [-0.15, -0.1) is 4.68 Å². The van der Waals surface area contributed by atoms with Crippen LogP contribution in [0.25, 0.3) is 55.6 Å². The number of rotatable bonds is 2. The van der Waals surface area contributed by atoms with Crippen molar-refractivity contribution in [1.82, 2.24) is 9.25 Å². The molecule has 0 bridgehead atoms. The number of aryl methyl sites for hydroxylation is 3. The van der Waals surface area contributed by atoms with Crippen molar-refractivity contribution in [2.45, 2.75) is 26.4 Å². The molecule has 222 valence electrons. The van der Waals surface area contributed by atoms with E-state index in [9.17, 15) is 0 Å². The van der Waals surface area contributed by atoms with E-state index < -0.39 is 5.66 Å². The fourth-order valence-corrected chi connectivity index (χ4v) is 9.06. The summed E-state index contributed by atoms with van der Waals surface area (Å²) in [5.74, 6) is 2.96. The summed E-state index contributed by atoms with van der Waals surface area (Å²) < 4.78 is 16.9. The van der Waals surface area contributed by atoms with Gasteiger partial charge in [-0.25, -0.2) is 0 Å². The van der Waals surface area contributed by atoms with Crippen LogP contribution < -0.4 is 14.0 Å². The standard InChI is InChI=1S/C42H30N4O/c1-25-22-29(28-12-5-4-6-13-28)23-26(2)36(25)37-27(3)24-33-38-41(37)47-34-18-17-31-30-14-7-8-15-32(30)46-35-16-9-10-19-43(35)42(38,39(34)40(31)46)45-21-11-20-44(33)45/h4-24H,1-3H3/q+2. The molecule has 0 amide bonds. The van der Waals surface area contributed by atoms with Gasteiger partial charge in [0.2, 0.25) is 6.20 Å². The number of pyridine rings is 1. The van der Waals surface area contributed by atoms with Crippen LogP contribution in [0.1, 0.15) is 27.8 Å². The van der Waals surface area contributed by atoms with Crippen molar-refractivity contribution in [1.29, 1.82) is 0 Å². The van der Waals surface area contributed by atoms with Gasteiger partial charge in [0, 0.05) is 28.5 Å². The lowest BCUT2D eigenvalue weighted by Gasteiger charge is -2.34. The maximum atomic E-state index is 7.28. The molecular formula is C42H30N4O+2. The van der Waals surface area contributed by atoms with Crippen LogP contribution >= 0.6 is 0 Å². The molecule has 3 aliphatic rings. The van der Waals surface area contributed by atoms with Gasteiger partial charge >= 0.3 is 5.66 Å². The predicted molar refractivity (Wildman–Crippen MR) is 184 cm³/mol. The van der Waals surface area contributed by atoms with E-state index in [2.05, 4.69) is 167 Å². The molecule has 1 spiro atoms. The lowest BCUT2D eigenvalue weighted by atomic mass is 9.80. The first kappa shape index (κ1) is 25.3. The van der Waals surface area contributed by atoms with E-state index in [0.29, 0.717) is 0 Å². The number of benzene rings is 5. The highest BCUT2D eigenvalue weighted by molar-refractivity contribution is 6.11. The zero-order valence-corrected chi connectivity index (χ0v) is 26.3. The molecule has 5 heteroatoms. The quantitative estimate of drug-likeness (QED) is 0.182. The van der Waals surface area contributed by atoms with E-state index in [0.717, 1.165) is 23.0 Å². The molecule has 5 aromatic carbocycles. The molecular weight excluding hydrogens is 576 g/mol. The van der Waals surface area contributed by atoms with Gasteiger partial charge in [-0.3, -0.25) is 0 Å². The highest BCUT2D eigenvalue weighted by Crippen LogP contribution is 2.58. The molecule has 1 unspecified atom stereocenters. The number of nitrogens with zero attached hydrogens (tertiary/aromatic N) is 4. The Morgan fingerprint density at radius 3 is 2.26 bits per heavy atom.